The fraction of sp³-hybridized carbons (Fsp3) is 0.240. The summed E-state index contributed by atoms with van der Waals surface area (Å²) in [7, 11) is 0. The highest BCUT2D eigenvalue weighted by Crippen LogP contribution is 2.22. The van der Waals surface area contributed by atoms with Crippen molar-refractivity contribution >= 4 is 17.5 Å². The van der Waals surface area contributed by atoms with Crippen LogP contribution in [0.1, 0.15) is 23.2 Å². The number of carbonyl (C=O) groups is 1. The topological polar surface area (TPSA) is 102 Å². The van der Waals surface area contributed by atoms with Crippen LogP contribution in [0.15, 0.2) is 79.4 Å². The van der Waals surface area contributed by atoms with Gasteiger partial charge in [-0.3, -0.25) is 10.0 Å². The molecule has 0 saturated carbocycles. The third-order valence-corrected chi connectivity index (χ3v) is 5.79. The number of benzene rings is 2. The molecule has 2 aromatic carbocycles. The Morgan fingerprint density at radius 1 is 1.00 bits per heavy atom. The highest BCUT2D eigenvalue weighted by Gasteiger charge is 2.21. The number of rotatable bonds is 8. The lowest BCUT2D eigenvalue weighted by molar-refractivity contribution is 0.0705. The number of hydroxylamine groups is 1. The summed E-state index contributed by atoms with van der Waals surface area (Å²) in [4.78, 5) is 22.0. The van der Waals surface area contributed by atoms with Crippen LogP contribution in [0.3, 0.4) is 0 Å². The van der Waals surface area contributed by atoms with Crippen molar-refractivity contribution in [2.45, 2.75) is 12.8 Å². The minimum absolute atomic E-state index is 0.223. The van der Waals surface area contributed by atoms with Crippen LogP contribution in [0.2, 0.25) is 0 Å². The van der Waals surface area contributed by atoms with E-state index >= 15 is 0 Å². The van der Waals surface area contributed by atoms with E-state index < -0.39 is 5.91 Å². The second kappa shape index (κ2) is 10.6. The van der Waals surface area contributed by atoms with Crippen molar-refractivity contribution in [2.75, 3.05) is 29.9 Å². The van der Waals surface area contributed by atoms with Crippen LogP contribution in [0.25, 0.3) is 11.1 Å². The Bertz CT molecular complexity index is 1060. The van der Waals surface area contributed by atoms with E-state index in [0.717, 1.165) is 44.0 Å². The molecule has 1 fully saturated rings. The van der Waals surface area contributed by atoms with Gasteiger partial charge in [-0.2, -0.15) is 0 Å². The van der Waals surface area contributed by atoms with Gasteiger partial charge in [-0.05, 0) is 42.0 Å². The third-order valence-electron chi connectivity index (χ3n) is 5.79. The Labute approximate surface area is 193 Å². The lowest BCUT2D eigenvalue weighted by Crippen LogP contribution is -2.38. The van der Waals surface area contributed by atoms with E-state index in [1.165, 1.54) is 23.5 Å². The average Bonchev–Trinajstić information content (AvgIpc) is 2.88. The molecule has 1 amide bonds. The van der Waals surface area contributed by atoms with Crippen LogP contribution >= 0.6 is 0 Å². The predicted molar refractivity (Wildman–Crippen MR) is 129 cm³/mol. The summed E-state index contributed by atoms with van der Waals surface area (Å²) < 4.78 is 0. The molecule has 1 aliphatic rings. The first kappa shape index (κ1) is 22.3. The summed E-state index contributed by atoms with van der Waals surface area (Å²) in [5.74, 6) is 1.29. The van der Waals surface area contributed by atoms with Crippen LogP contribution in [-0.4, -0.2) is 40.7 Å². The monoisotopic (exact) mass is 444 g/mol. The van der Waals surface area contributed by atoms with Crippen LogP contribution in [0, 0.1) is 5.92 Å². The minimum Gasteiger partial charge on any atom is -0.372 e. The van der Waals surface area contributed by atoms with Crippen LogP contribution in [-0.2, 0) is 0 Å². The van der Waals surface area contributed by atoms with Gasteiger partial charge in [0.25, 0.3) is 5.91 Å². The van der Waals surface area contributed by atoms with Crippen LogP contribution < -0.4 is 21.0 Å². The zero-order chi connectivity index (χ0) is 23.0. The molecule has 33 heavy (non-hydrogen) atoms. The maximum atomic E-state index is 11.4. The number of aromatic nitrogens is 2. The molecule has 0 atom stereocenters. The molecule has 0 bridgehead atoms. The molecule has 1 aromatic heterocycles. The Morgan fingerprint density at radius 3 is 2.27 bits per heavy atom. The highest BCUT2D eigenvalue weighted by atomic mass is 16.5. The average molecular weight is 445 g/mol. The highest BCUT2D eigenvalue weighted by molar-refractivity contribution is 5.92. The summed E-state index contributed by atoms with van der Waals surface area (Å²) >= 11 is 0. The van der Waals surface area contributed by atoms with Crippen molar-refractivity contribution in [2.24, 2.45) is 5.92 Å². The lowest BCUT2D eigenvalue weighted by Gasteiger charge is -2.32. The molecule has 1 saturated heterocycles. The molecule has 0 radical (unpaired) electrons. The summed E-state index contributed by atoms with van der Waals surface area (Å²) in [6, 6.07) is 18.6. The van der Waals surface area contributed by atoms with Gasteiger partial charge in [-0.1, -0.05) is 49.0 Å². The van der Waals surface area contributed by atoms with E-state index in [1.54, 1.807) is 5.48 Å². The molecule has 8 heteroatoms. The van der Waals surface area contributed by atoms with Crippen molar-refractivity contribution in [1.29, 1.82) is 0 Å². The van der Waals surface area contributed by atoms with E-state index in [2.05, 4.69) is 68.5 Å². The van der Waals surface area contributed by atoms with Crippen molar-refractivity contribution in [3.8, 4) is 11.1 Å². The number of nitrogens with one attached hydrogen (secondary N) is 3. The van der Waals surface area contributed by atoms with E-state index in [9.17, 15) is 4.79 Å². The summed E-state index contributed by atoms with van der Waals surface area (Å²) in [5.41, 5.74) is 5.18. The first-order valence-corrected chi connectivity index (χ1v) is 11.0. The zero-order valence-electron chi connectivity index (χ0n) is 18.4. The Kier molecular flexibility index (Phi) is 7.16. The first-order chi connectivity index (χ1) is 16.1. The molecule has 4 rings (SSSR count). The minimum atomic E-state index is -0.618. The number of hydrogen-bond donors (Lipinski definition) is 4. The maximum Gasteiger partial charge on any atom is 0.277 e. The van der Waals surface area contributed by atoms with E-state index in [1.807, 2.05) is 18.2 Å². The van der Waals surface area contributed by atoms with Crippen molar-refractivity contribution in [3.63, 3.8) is 0 Å². The normalized spacial score (nSPS) is 13.9. The van der Waals surface area contributed by atoms with E-state index in [0.29, 0.717) is 11.9 Å². The van der Waals surface area contributed by atoms with Crippen LogP contribution in [0.4, 0.5) is 11.6 Å². The van der Waals surface area contributed by atoms with Crippen molar-refractivity contribution < 1.29 is 10.0 Å². The van der Waals surface area contributed by atoms with Gasteiger partial charge in [0.1, 0.15) is 0 Å². The number of hydrogen-bond acceptors (Lipinski definition) is 7. The first-order valence-electron chi connectivity index (χ1n) is 11.0. The molecule has 0 unspecified atom stereocenters. The molecular weight excluding hydrogens is 416 g/mol. The lowest BCUT2D eigenvalue weighted by atomic mass is 9.97. The second-order valence-electron chi connectivity index (χ2n) is 8.07. The Balaban J connectivity index is 1.20. The molecular formula is C25H28N6O2. The van der Waals surface area contributed by atoms with Gasteiger partial charge in [0, 0.05) is 37.7 Å². The predicted octanol–water partition coefficient (Wildman–Crippen LogP) is 3.65. The van der Waals surface area contributed by atoms with Gasteiger partial charge >= 0.3 is 0 Å². The number of nitrogens with zero attached hydrogens (tertiary/aromatic N) is 3. The molecule has 170 valence electrons. The molecule has 8 nitrogen and oxygen atoms in total. The van der Waals surface area contributed by atoms with E-state index in [4.69, 9.17) is 5.21 Å². The Hall–Kier alpha value is -3.91. The zero-order valence-corrected chi connectivity index (χ0v) is 18.4. The summed E-state index contributed by atoms with van der Waals surface area (Å²) in [5, 5.41) is 15.4. The maximum absolute atomic E-state index is 11.4. The summed E-state index contributed by atoms with van der Waals surface area (Å²) in [6.07, 6.45) is 4.86. The fourth-order valence-corrected chi connectivity index (χ4v) is 3.87. The number of amides is 1. The second-order valence-corrected chi connectivity index (χ2v) is 8.07. The van der Waals surface area contributed by atoms with E-state index in [-0.39, 0.29) is 5.56 Å². The van der Waals surface area contributed by atoms with Crippen molar-refractivity contribution in [1.82, 2.24) is 20.8 Å². The van der Waals surface area contributed by atoms with Gasteiger partial charge in [-0.25, -0.2) is 15.4 Å². The van der Waals surface area contributed by atoms with Crippen LogP contribution in [0.5, 0.6) is 0 Å². The molecule has 3 aromatic rings. The van der Waals surface area contributed by atoms with Gasteiger partial charge < -0.3 is 15.5 Å². The fourth-order valence-electron chi connectivity index (χ4n) is 3.87. The summed E-state index contributed by atoms with van der Waals surface area (Å²) in [6.45, 7) is 6.64. The molecule has 0 aliphatic carbocycles. The standard InChI is InChI=1S/C25H28N6O2/c1-18(29-23-9-7-21(8-10-23)20-5-3-2-4-6-20)26-15-19-11-13-31(14-12-19)25-27-16-22(17-28-25)24(32)30-33/h2-10,16-17,19,26,29,33H,1,11-15H2,(H,30,32). The number of carbonyl (C=O) groups excluding carboxylic acids is 1. The molecule has 1 aliphatic heterocycles. The van der Waals surface area contributed by atoms with Gasteiger partial charge in [0.2, 0.25) is 5.95 Å². The molecule has 2 heterocycles. The number of piperidine rings is 1. The van der Waals surface area contributed by atoms with Gasteiger partial charge in [-0.15, -0.1) is 0 Å². The largest absolute Gasteiger partial charge is 0.372 e. The molecule has 0 spiro atoms. The van der Waals surface area contributed by atoms with Gasteiger partial charge in [0.05, 0.1) is 11.4 Å². The quantitative estimate of drug-likeness (QED) is 0.311. The smallest absolute Gasteiger partial charge is 0.277 e. The SMILES string of the molecule is C=C(NCC1CCN(c2ncc(C(=O)NO)cn2)CC1)Nc1ccc(-c2ccccc2)cc1. The van der Waals surface area contributed by atoms with Crippen molar-refractivity contribution in [3.05, 3.63) is 85.0 Å². The van der Waals surface area contributed by atoms with Gasteiger partial charge in [0.15, 0.2) is 0 Å². The molecule has 4 N–H and O–H groups in total. The third kappa shape index (κ3) is 5.87. The number of anilines is 2. The Morgan fingerprint density at radius 2 is 1.64 bits per heavy atom.